The maximum absolute atomic E-state index is 12.8. The number of aliphatic hydroxyl groups is 1. The molecule has 4 aliphatic carbocycles. The van der Waals surface area contributed by atoms with Crippen LogP contribution in [-0.2, 0) is 4.74 Å². The van der Waals surface area contributed by atoms with Crippen molar-refractivity contribution in [2.24, 2.45) is 17.8 Å². The lowest BCUT2D eigenvalue weighted by Gasteiger charge is -2.58. The minimum absolute atomic E-state index is 0.0499. The van der Waals surface area contributed by atoms with Crippen LogP contribution in [0.3, 0.4) is 0 Å². The molecule has 0 spiro atoms. The van der Waals surface area contributed by atoms with Gasteiger partial charge in [-0.05, 0) is 55.9 Å². The Bertz CT molecular complexity index is 1230. The molecule has 10 nitrogen and oxygen atoms in total. The fourth-order valence-electron chi connectivity index (χ4n) is 7.04. The fourth-order valence-corrected chi connectivity index (χ4v) is 7.04. The number of anilines is 1. The zero-order chi connectivity index (χ0) is 22.9. The molecule has 34 heavy (non-hydrogen) atoms. The van der Waals surface area contributed by atoms with E-state index in [1.165, 1.54) is 0 Å². The molecule has 4 heterocycles. The number of morpholine rings is 1. The number of amides is 1. The van der Waals surface area contributed by atoms with Crippen LogP contribution >= 0.6 is 0 Å². The third-order valence-electron chi connectivity index (χ3n) is 8.28. The summed E-state index contributed by atoms with van der Waals surface area (Å²) in [4.78, 5) is 26.7. The number of hydrogen-bond donors (Lipinski definition) is 3. The van der Waals surface area contributed by atoms with Crippen LogP contribution in [0.2, 0.25) is 0 Å². The Morgan fingerprint density at radius 2 is 2.00 bits per heavy atom. The van der Waals surface area contributed by atoms with Gasteiger partial charge in [0.15, 0.2) is 0 Å². The summed E-state index contributed by atoms with van der Waals surface area (Å²) < 4.78 is 10.9. The summed E-state index contributed by atoms with van der Waals surface area (Å²) in [6, 6.07) is 2.27. The van der Waals surface area contributed by atoms with Crippen molar-refractivity contribution in [3.05, 3.63) is 24.3 Å². The van der Waals surface area contributed by atoms with Crippen LogP contribution in [0, 0.1) is 17.8 Å². The fraction of sp³-hybridized carbons (Fsp3) is 0.583. The molecule has 4 bridgehead atoms. The second kappa shape index (κ2) is 7.51. The summed E-state index contributed by atoms with van der Waals surface area (Å²) in [6.45, 7) is 2.06. The first-order valence-corrected chi connectivity index (χ1v) is 12.2. The third kappa shape index (κ3) is 3.23. The highest BCUT2D eigenvalue weighted by molar-refractivity contribution is 5.97. The molecule has 3 unspecified atom stereocenters. The third-order valence-corrected chi connectivity index (χ3v) is 8.28. The maximum Gasteiger partial charge on any atom is 0.295 e. The van der Waals surface area contributed by atoms with Gasteiger partial charge in [0.2, 0.25) is 0 Å². The van der Waals surface area contributed by atoms with Crippen LogP contribution in [0.1, 0.15) is 42.7 Å². The Labute approximate surface area is 196 Å². The number of carbonyl (C=O) groups is 1. The van der Waals surface area contributed by atoms with Crippen molar-refractivity contribution in [1.29, 1.82) is 0 Å². The van der Waals surface area contributed by atoms with E-state index in [1.54, 1.807) is 11.1 Å². The van der Waals surface area contributed by atoms with Gasteiger partial charge in [0, 0.05) is 36.9 Å². The number of hydrogen-bond acceptors (Lipinski definition) is 8. The van der Waals surface area contributed by atoms with E-state index in [0.29, 0.717) is 49.6 Å². The summed E-state index contributed by atoms with van der Waals surface area (Å²) in [6.07, 6.45) is 8.57. The van der Waals surface area contributed by atoms with Crippen molar-refractivity contribution in [2.45, 2.75) is 43.7 Å². The first-order chi connectivity index (χ1) is 16.6. The van der Waals surface area contributed by atoms with Gasteiger partial charge in [-0.2, -0.15) is 4.98 Å². The predicted molar refractivity (Wildman–Crippen MR) is 122 cm³/mol. The van der Waals surface area contributed by atoms with E-state index in [2.05, 4.69) is 25.4 Å². The molecule has 5 aliphatic rings. The standard InChI is InChI=1S/C24H28N6O4/c31-23(30-3-5-33-6-4-30)21-28-22(34-29-21)17-12-26-20-16(1-2-25-20)19(17)27-18-14-7-13-8-15(18)11-24(32,9-13)10-14/h1-2,12-15,18,32H,3-11H2,(H2,25,26,27)/t13?,14-,15+,18?,24?. The lowest BCUT2D eigenvalue weighted by atomic mass is 9.52. The highest BCUT2D eigenvalue weighted by Gasteiger charge is 2.54. The van der Waals surface area contributed by atoms with Crippen molar-refractivity contribution in [1.82, 2.24) is 25.0 Å². The molecule has 8 rings (SSSR count). The topological polar surface area (TPSA) is 129 Å². The first kappa shape index (κ1) is 20.4. The number of rotatable bonds is 4. The second-order valence-electron chi connectivity index (χ2n) is 10.5. The Morgan fingerprint density at radius 1 is 1.21 bits per heavy atom. The molecular formula is C24H28N6O4. The number of aromatic nitrogens is 4. The number of carbonyl (C=O) groups excluding carboxylic acids is 1. The van der Waals surface area contributed by atoms with E-state index >= 15 is 0 Å². The Kier molecular flexibility index (Phi) is 4.51. The van der Waals surface area contributed by atoms with E-state index in [-0.39, 0.29) is 23.7 Å². The predicted octanol–water partition coefficient (Wildman–Crippen LogP) is 2.44. The number of H-pyrrole nitrogens is 1. The lowest BCUT2D eigenvalue weighted by molar-refractivity contribution is -0.129. The summed E-state index contributed by atoms with van der Waals surface area (Å²) in [5, 5.41) is 19.8. The molecule has 4 saturated carbocycles. The molecule has 1 aliphatic heterocycles. The number of ether oxygens (including phenoxy) is 1. The highest BCUT2D eigenvalue weighted by Crippen LogP contribution is 2.56. The van der Waals surface area contributed by atoms with E-state index in [4.69, 9.17) is 9.26 Å². The number of fused-ring (bicyclic) bond motifs is 1. The first-order valence-electron chi connectivity index (χ1n) is 12.2. The molecule has 1 amide bonds. The van der Waals surface area contributed by atoms with Crippen molar-refractivity contribution in [2.75, 3.05) is 31.6 Å². The van der Waals surface area contributed by atoms with Crippen LogP contribution in [0.5, 0.6) is 0 Å². The highest BCUT2D eigenvalue weighted by atomic mass is 16.5. The van der Waals surface area contributed by atoms with E-state index < -0.39 is 5.60 Å². The molecule has 1 saturated heterocycles. The quantitative estimate of drug-likeness (QED) is 0.537. The van der Waals surface area contributed by atoms with E-state index in [1.807, 2.05) is 12.3 Å². The Hall–Kier alpha value is -2.98. The SMILES string of the molecule is O=C(c1noc(-c2cnc3[nH]ccc3c2NC2[C@@H]3CC4C[C@H]2CC(O)(C4)C3)n1)N1CCOCC1. The smallest absolute Gasteiger partial charge is 0.295 e. The summed E-state index contributed by atoms with van der Waals surface area (Å²) in [5.41, 5.74) is 1.87. The number of pyridine rings is 1. The molecule has 5 atom stereocenters. The van der Waals surface area contributed by atoms with Gasteiger partial charge < -0.3 is 29.6 Å². The Morgan fingerprint density at radius 3 is 2.76 bits per heavy atom. The molecule has 178 valence electrons. The zero-order valence-corrected chi connectivity index (χ0v) is 18.9. The minimum atomic E-state index is -0.486. The molecule has 10 heteroatoms. The summed E-state index contributed by atoms with van der Waals surface area (Å²) in [5.74, 6) is 1.58. The average Bonchev–Trinajstić information content (AvgIpc) is 3.50. The molecule has 5 fully saturated rings. The summed E-state index contributed by atoms with van der Waals surface area (Å²) in [7, 11) is 0. The second-order valence-corrected chi connectivity index (χ2v) is 10.5. The molecular weight excluding hydrogens is 436 g/mol. The summed E-state index contributed by atoms with van der Waals surface area (Å²) >= 11 is 0. The van der Waals surface area contributed by atoms with Crippen LogP contribution in [-0.4, -0.2) is 74.0 Å². The Balaban J connectivity index is 1.23. The van der Waals surface area contributed by atoms with Gasteiger partial charge in [-0.15, -0.1) is 0 Å². The van der Waals surface area contributed by atoms with E-state index in [0.717, 1.165) is 48.8 Å². The lowest BCUT2D eigenvalue weighted by Crippen LogP contribution is -2.59. The molecule has 0 radical (unpaired) electrons. The monoisotopic (exact) mass is 464 g/mol. The number of nitrogens with one attached hydrogen (secondary N) is 2. The minimum Gasteiger partial charge on any atom is -0.390 e. The van der Waals surface area contributed by atoms with Gasteiger partial charge in [-0.1, -0.05) is 5.16 Å². The van der Waals surface area contributed by atoms with Gasteiger partial charge in [-0.25, -0.2) is 4.98 Å². The van der Waals surface area contributed by atoms with Crippen molar-refractivity contribution in [3.8, 4) is 11.5 Å². The van der Waals surface area contributed by atoms with Crippen molar-refractivity contribution in [3.63, 3.8) is 0 Å². The van der Waals surface area contributed by atoms with Gasteiger partial charge in [-0.3, -0.25) is 4.79 Å². The van der Waals surface area contributed by atoms with E-state index in [9.17, 15) is 9.90 Å². The van der Waals surface area contributed by atoms with Crippen molar-refractivity contribution >= 4 is 22.6 Å². The van der Waals surface area contributed by atoms with Crippen molar-refractivity contribution < 1.29 is 19.2 Å². The molecule has 0 aromatic carbocycles. The van der Waals surface area contributed by atoms with Gasteiger partial charge >= 0.3 is 0 Å². The molecule has 3 aromatic heterocycles. The molecule has 3 N–H and O–H groups in total. The van der Waals surface area contributed by atoms with Crippen LogP contribution in [0.4, 0.5) is 5.69 Å². The maximum atomic E-state index is 12.8. The van der Waals surface area contributed by atoms with Gasteiger partial charge in [0.1, 0.15) is 5.65 Å². The number of aromatic amines is 1. The molecule has 3 aromatic rings. The van der Waals surface area contributed by atoms with Crippen LogP contribution in [0.25, 0.3) is 22.5 Å². The number of nitrogens with zero attached hydrogens (tertiary/aromatic N) is 4. The average molecular weight is 465 g/mol. The van der Waals surface area contributed by atoms with Gasteiger partial charge in [0.25, 0.3) is 17.6 Å². The van der Waals surface area contributed by atoms with Gasteiger partial charge in [0.05, 0.1) is 30.1 Å². The normalized spacial score (nSPS) is 32.4. The van der Waals surface area contributed by atoms with Crippen LogP contribution in [0.15, 0.2) is 23.0 Å². The zero-order valence-electron chi connectivity index (χ0n) is 18.9. The van der Waals surface area contributed by atoms with Crippen LogP contribution < -0.4 is 5.32 Å². The largest absolute Gasteiger partial charge is 0.390 e.